The summed E-state index contributed by atoms with van der Waals surface area (Å²) in [5, 5.41) is 6.87. The maximum Gasteiger partial charge on any atom is 0.126 e. The first-order valence-electron chi connectivity index (χ1n) is 5.99. The number of aryl methyl sites for hydroxylation is 1. The van der Waals surface area contributed by atoms with Crippen molar-refractivity contribution in [3.63, 3.8) is 0 Å². The van der Waals surface area contributed by atoms with Gasteiger partial charge in [-0.3, -0.25) is 0 Å². The lowest BCUT2D eigenvalue weighted by Crippen LogP contribution is -2.21. The standard InChI is InChI=1S/C13H19FN2/c1-10-9-12(4-5-13(10)14)16-11-3-2-7-15-8-6-11/h4-5,9,11,15-16H,2-3,6-8H2,1H3. The highest BCUT2D eigenvalue weighted by Crippen LogP contribution is 2.17. The number of rotatable bonds is 2. The minimum absolute atomic E-state index is 0.131. The average Bonchev–Trinajstić information content (AvgIpc) is 2.52. The van der Waals surface area contributed by atoms with E-state index in [2.05, 4.69) is 10.6 Å². The van der Waals surface area contributed by atoms with E-state index in [-0.39, 0.29) is 5.82 Å². The van der Waals surface area contributed by atoms with Gasteiger partial charge in [-0.1, -0.05) is 0 Å². The lowest BCUT2D eigenvalue weighted by Gasteiger charge is -2.17. The number of hydrogen-bond acceptors (Lipinski definition) is 2. The largest absolute Gasteiger partial charge is 0.382 e. The lowest BCUT2D eigenvalue weighted by atomic mass is 10.1. The van der Waals surface area contributed by atoms with E-state index in [1.165, 1.54) is 18.9 Å². The minimum Gasteiger partial charge on any atom is -0.382 e. The fraction of sp³-hybridized carbons (Fsp3) is 0.538. The van der Waals surface area contributed by atoms with Gasteiger partial charge in [0.15, 0.2) is 0 Å². The molecule has 0 spiro atoms. The van der Waals surface area contributed by atoms with Gasteiger partial charge in [-0.15, -0.1) is 0 Å². The Kier molecular flexibility index (Phi) is 3.78. The van der Waals surface area contributed by atoms with Crippen molar-refractivity contribution in [3.8, 4) is 0 Å². The molecule has 1 atom stereocenters. The van der Waals surface area contributed by atoms with Gasteiger partial charge in [0, 0.05) is 11.7 Å². The lowest BCUT2D eigenvalue weighted by molar-refractivity contribution is 0.616. The zero-order chi connectivity index (χ0) is 11.4. The normalized spacial score (nSPS) is 21.5. The molecule has 0 radical (unpaired) electrons. The third kappa shape index (κ3) is 2.95. The monoisotopic (exact) mass is 222 g/mol. The van der Waals surface area contributed by atoms with E-state index >= 15 is 0 Å². The Morgan fingerprint density at radius 3 is 3.00 bits per heavy atom. The van der Waals surface area contributed by atoms with E-state index in [9.17, 15) is 4.39 Å². The zero-order valence-corrected chi connectivity index (χ0v) is 9.72. The highest BCUT2D eigenvalue weighted by atomic mass is 19.1. The van der Waals surface area contributed by atoms with Gasteiger partial charge >= 0.3 is 0 Å². The van der Waals surface area contributed by atoms with Crippen molar-refractivity contribution in [1.82, 2.24) is 5.32 Å². The van der Waals surface area contributed by atoms with Crippen molar-refractivity contribution in [3.05, 3.63) is 29.6 Å². The molecule has 1 unspecified atom stereocenters. The molecule has 0 aromatic heterocycles. The molecular formula is C13H19FN2. The van der Waals surface area contributed by atoms with Gasteiger partial charge in [-0.25, -0.2) is 4.39 Å². The van der Waals surface area contributed by atoms with Gasteiger partial charge in [0.25, 0.3) is 0 Å². The van der Waals surface area contributed by atoms with Crippen LogP contribution in [0.4, 0.5) is 10.1 Å². The summed E-state index contributed by atoms with van der Waals surface area (Å²) in [6.45, 7) is 3.98. The zero-order valence-electron chi connectivity index (χ0n) is 9.72. The minimum atomic E-state index is -0.131. The van der Waals surface area contributed by atoms with Crippen molar-refractivity contribution >= 4 is 5.69 Å². The molecule has 0 amide bonds. The quantitative estimate of drug-likeness (QED) is 0.804. The molecule has 1 aliphatic rings. The fourth-order valence-corrected chi connectivity index (χ4v) is 2.13. The van der Waals surface area contributed by atoms with Crippen LogP contribution < -0.4 is 10.6 Å². The van der Waals surface area contributed by atoms with E-state index in [1.54, 1.807) is 6.92 Å². The Morgan fingerprint density at radius 1 is 1.31 bits per heavy atom. The Bertz CT molecular complexity index is 344. The van der Waals surface area contributed by atoms with Crippen LogP contribution in [0.15, 0.2) is 18.2 Å². The molecule has 1 aromatic rings. The molecule has 0 saturated carbocycles. The third-order valence-electron chi connectivity index (χ3n) is 3.10. The first-order chi connectivity index (χ1) is 7.75. The summed E-state index contributed by atoms with van der Waals surface area (Å²) in [4.78, 5) is 0. The average molecular weight is 222 g/mol. The predicted octanol–water partition coefficient (Wildman–Crippen LogP) is 2.69. The summed E-state index contributed by atoms with van der Waals surface area (Å²) < 4.78 is 13.1. The second-order valence-corrected chi connectivity index (χ2v) is 4.49. The van der Waals surface area contributed by atoms with Crippen LogP contribution in [0.2, 0.25) is 0 Å². The third-order valence-corrected chi connectivity index (χ3v) is 3.10. The van der Waals surface area contributed by atoms with Crippen molar-refractivity contribution in [2.75, 3.05) is 18.4 Å². The van der Waals surface area contributed by atoms with Crippen LogP contribution in [-0.4, -0.2) is 19.1 Å². The Morgan fingerprint density at radius 2 is 2.19 bits per heavy atom. The smallest absolute Gasteiger partial charge is 0.126 e. The molecular weight excluding hydrogens is 203 g/mol. The van der Waals surface area contributed by atoms with Crippen molar-refractivity contribution in [2.24, 2.45) is 0 Å². The fourth-order valence-electron chi connectivity index (χ4n) is 2.13. The second-order valence-electron chi connectivity index (χ2n) is 4.49. The molecule has 2 N–H and O–H groups in total. The maximum atomic E-state index is 13.1. The molecule has 0 bridgehead atoms. The van der Waals surface area contributed by atoms with Crippen LogP contribution in [0.25, 0.3) is 0 Å². The van der Waals surface area contributed by atoms with E-state index in [0.717, 1.165) is 25.2 Å². The molecule has 16 heavy (non-hydrogen) atoms. The molecule has 1 heterocycles. The van der Waals surface area contributed by atoms with E-state index in [0.29, 0.717) is 11.6 Å². The molecule has 1 aliphatic heterocycles. The molecule has 1 aromatic carbocycles. The van der Waals surface area contributed by atoms with E-state index in [4.69, 9.17) is 0 Å². The molecule has 88 valence electrons. The van der Waals surface area contributed by atoms with Crippen molar-refractivity contribution < 1.29 is 4.39 Å². The molecule has 2 nitrogen and oxygen atoms in total. The van der Waals surface area contributed by atoms with Gasteiger partial charge in [0.1, 0.15) is 5.82 Å². The first kappa shape index (κ1) is 11.4. The van der Waals surface area contributed by atoms with Crippen LogP contribution in [0, 0.1) is 12.7 Å². The summed E-state index contributed by atoms with van der Waals surface area (Å²) >= 11 is 0. The summed E-state index contributed by atoms with van der Waals surface area (Å²) in [5.41, 5.74) is 1.74. The van der Waals surface area contributed by atoms with Crippen LogP contribution in [0.3, 0.4) is 0 Å². The van der Waals surface area contributed by atoms with Gasteiger partial charge in [0.2, 0.25) is 0 Å². The van der Waals surface area contributed by atoms with Gasteiger partial charge in [-0.05, 0) is 63.0 Å². The molecule has 1 fully saturated rings. The summed E-state index contributed by atoms with van der Waals surface area (Å²) in [6.07, 6.45) is 3.53. The molecule has 1 saturated heterocycles. The van der Waals surface area contributed by atoms with Crippen LogP contribution in [-0.2, 0) is 0 Å². The summed E-state index contributed by atoms with van der Waals surface area (Å²) in [7, 11) is 0. The van der Waals surface area contributed by atoms with Crippen molar-refractivity contribution in [1.29, 1.82) is 0 Å². The number of hydrogen-bond donors (Lipinski definition) is 2. The second kappa shape index (κ2) is 5.30. The number of nitrogens with one attached hydrogen (secondary N) is 2. The molecule has 3 heteroatoms. The van der Waals surface area contributed by atoms with Gasteiger partial charge < -0.3 is 10.6 Å². The topological polar surface area (TPSA) is 24.1 Å². The SMILES string of the molecule is Cc1cc(NC2CCCNCC2)ccc1F. The number of anilines is 1. The Hall–Kier alpha value is -1.09. The van der Waals surface area contributed by atoms with E-state index < -0.39 is 0 Å². The highest BCUT2D eigenvalue weighted by molar-refractivity contribution is 5.46. The predicted molar refractivity (Wildman–Crippen MR) is 65.3 cm³/mol. The highest BCUT2D eigenvalue weighted by Gasteiger charge is 2.11. The first-order valence-corrected chi connectivity index (χ1v) is 5.99. The van der Waals surface area contributed by atoms with Gasteiger partial charge in [-0.2, -0.15) is 0 Å². The van der Waals surface area contributed by atoms with Crippen LogP contribution in [0.1, 0.15) is 24.8 Å². The van der Waals surface area contributed by atoms with Crippen molar-refractivity contribution in [2.45, 2.75) is 32.2 Å². The Labute approximate surface area is 96.2 Å². The number of benzene rings is 1. The Balaban J connectivity index is 1.99. The number of halogens is 1. The summed E-state index contributed by atoms with van der Waals surface area (Å²) in [5.74, 6) is -0.131. The van der Waals surface area contributed by atoms with Crippen LogP contribution >= 0.6 is 0 Å². The maximum absolute atomic E-state index is 13.1. The van der Waals surface area contributed by atoms with Crippen LogP contribution in [0.5, 0.6) is 0 Å². The summed E-state index contributed by atoms with van der Waals surface area (Å²) in [6, 6.07) is 5.75. The molecule has 0 aliphatic carbocycles. The van der Waals surface area contributed by atoms with Gasteiger partial charge in [0.05, 0.1) is 0 Å². The van der Waals surface area contributed by atoms with E-state index in [1.807, 2.05) is 12.1 Å². The molecule has 2 rings (SSSR count).